The van der Waals surface area contributed by atoms with E-state index in [-0.39, 0.29) is 11.3 Å². The highest BCUT2D eigenvalue weighted by Crippen LogP contribution is 2.58. The summed E-state index contributed by atoms with van der Waals surface area (Å²) >= 11 is 0. The van der Waals surface area contributed by atoms with Crippen LogP contribution < -0.4 is 0 Å². The topological polar surface area (TPSA) is 57.5 Å². The van der Waals surface area contributed by atoms with Gasteiger partial charge < -0.3 is 10.2 Å². The second kappa shape index (κ2) is 8.31. The van der Waals surface area contributed by atoms with Crippen molar-refractivity contribution in [1.29, 1.82) is 0 Å². The lowest BCUT2D eigenvalue weighted by Crippen LogP contribution is -2.40. The highest BCUT2D eigenvalue weighted by atomic mass is 16.3. The molecule has 152 valence electrons. The molecular formula is C23H42O3. The van der Waals surface area contributed by atoms with Gasteiger partial charge in [-0.1, -0.05) is 32.6 Å². The summed E-state index contributed by atoms with van der Waals surface area (Å²) in [4.78, 5) is 12.5. The minimum atomic E-state index is -0.597. The third-order valence-electron chi connectivity index (χ3n) is 7.23. The third-order valence-corrected chi connectivity index (χ3v) is 7.23. The largest absolute Gasteiger partial charge is 0.390 e. The van der Waals surface area contributed by atoms with Crippen LogP contribution in [-0.4, -0.2) is 27.2 Å². The number of carbonyl (C=O) groups excluding carboxylic acids is 1. The number of Topliss-reactive ketones (excluding diaryl/α,β-unsaturated/α-hetero) is 1. The van der Waals surface area contributed by atoms with Crippen molar-refractivity contribution in [3.05, 3.63) is 0 Å². The van der Waals surface area contributed by atoms with E-state index >= 15 is 0 Å². The quantitative estimate of drug-likeness (QED) is 0.584. The normalized spacial score (nSPS) is 30.1. The highest BCUT2D eigenvalue weighted by Gasteiger charge is 2.52. The van der Waals surface area contributed by atoms with E-state index in [9.17, 15) is 15.0 Å². The van der Waals surface area contributed by atoms with Crippen molar-refractivity contribution in [2.75, 3.05) is 0 Å². The molecule has 0 amide bonds. The zero-order valence-electron chi connectivity index (χ0n) is 17.8. The lowest BCUT2D eigenvalue weighted by atomic mass is 9.61. The van der Waals surface area contributed by atoms with Crippen LogP contribution in [0.4, 0.5) is 0 Å². The Balaban J connectivity index is 2.05. The molecule has 2 rings (SSSR count). The van der Waals surface area contributed by atoms with Crippen molar-refractivity contribution in [3.8, 4) is 0 Å². The minimum absolute atomic E-state index is 0.184. The molecule has 0 bridgehead atoms. The molecule has 3 heteroatoms. The monoisotopic (exact) mass is 366 g/mol. The van der Waals surface area contributed by atoms with Crippen LogP contribution in [0.1, 0.15) is 105 Å². The van der Waals surface area contributed by atoms with Gasteiger partial charge in [0.05, 0.1) is 11.2 Å². The first-order valence-corrected chi connectivity index (χ1v) is 10.9. The molecule has 0 aromatic heterocycles. The number of hydrogen-bond donors (Lipinski definition) is 2. The Hall–Kier alpha value is -0.410. The first-order valence-electron chi connectivity index (χ1n) is 10.9. The zero-order valence-corrected chi connectivity index (χ0v) is 17.8. The molecule has 2 N–H and O–H groups in total. The van der Waals surface area contributed by atoms with Gasteiger partial charge in [0.1, 0.15) is 5.78 Å². The van der Waals surface area contributed by atoms with Crippen LogP contribution in [-0.2, 0) is 4.79 Å². The summed E-state index contributed by atoms with van der Waals surface area (Å²) in [6.07, 6.45) is 11.3. The maximum absolute atomic E-state index is 12.5. The molecule has 2 aliphatic rings. The van der Waals surface area contributed by atoms with Crippen LogP contribution in [0.5, 0.6) is 0 Å². The summed E-state index contributed by atoms with van der Waals surface area (Å²) in [5, 5.41) is 20.1. The average molecular weight is 367 g/mol. The van der Waals surface area contributed by atoms with Gasteiger partial charge in [-0.25, -0.2) is 0 Å². The second-order valence-corrected chi connectivity index (χ2v) is 10.7. The van der Waals surface area contributed by atoms with Gasteiger partial charge in [-0.15, -0.1) is 0 Å². The van der Waals surface area contributed by atoms with Gasteiger partial charge in [0.25, 0.3) is 0 Å². The molecule has 0 aromatic rings. The van der Waals surface area contributed by atoms with Crippen LogP contribution in [0.3, 0.4) is 0 Å². The Labute approximate surface area is 161 Å². The summed E-state index contributed by atoms with van der Waals surface area (Å²) < 4.78 is 0. The van der Waals surface area contributed by atoms with E-state index in [1.165, 1.54) is 12.8 Å². The van der Waals surface area contributed by atoms with Crippen molar-refractivity contribution in [1.82, 2.24) is 0 Å². The number of hydrogen-bond acceptors (Lipinski definition) is 3. The second-order valence-electron chi connectivity index (χ2n) is 10.7. The average Bonchev–Trinajstić information content (AvgIpc) is 2.81. The van der Waals surface area contributed by atoms with Gasteiger partial charge >= 0.3 is 0 Å². The van der Waals surface area contributed by atoms with Crippen LogP contribution in [0.2, 0.25) is 0 Å². The fourth-order valence-electron chi connectivity index (χ4n) is 5.88. The smallest absolute Gasteiger partial charge is 0.136 e. The Morgan fingerprint density at radius 2 is 1.58 bits per heavy atom. The number of rotatable bonds is 9. The molecule has 0 aromatic carbocycles. The van der Waals surface area contributed by atoms with E-state index in [1.54, 1.807) is 0 Å². The predicted molar refractivity (Wildman–Crippen MR) is 107 cm³/mol. The van der Waals surface area contributed by atoms with Crippen molar-refractivity contribution in [3.63, 3.8) is 0 Å². The highest BCUT2D eigenvalue weighted by molar-refractivity contribution is 5.83. The molecule has 3 atom stereocenters. The lowest BCUT2D eigenvalue weighted by Gasteiger charge is -2.43. The Kier molecular flexibility index (Phi) is 6.99. The zero-order chi connectivity index (χ0) is 19.6. The van der Waals surface area contributed by atoms with Crippen LogP contribution in [0.15, 0.2) is 0 Å². The Morgan fingerprint density at radius 3 is 2.08 bits per heavy atom. The maximum atomic E-state index is 12.5. The van der Waals surface area contributed by atoms with Crippen molar-refractivity contribution in [2.24, 2.45) is 23.2 Å². The fraction of sp³-hybridized carbons (Fsp3) is 0.957. The molecule has 0 saturated heterocycles. The molecule has 0 heterocycles. The maximum Gasteiger partial charge on any atom is 0.136 e. The molecule has 2 aliphatic carbocycles. The summed E-state index contributed by atoms with van der Waals surface area (Å²) in [5.41, 5.74) is -1.01. The van der Waals surface area contributed by atoms with E-state index in [4.69, 9.17) is 0 Å². The Morgan fingerprint density at radius 1 is 1.04 bits per heavy atom. The number of fused-ring (bicyclic) bond motifs is 1. The van der Waals surface area contributed by atoms with E-state index in [1.807, 2.05) is 27.7 Å². The molecule has 2 fully saturated rings. The van der Waals surface area contributed by atoms with E-state index in [0.717, 1.165) is 57.8 Å². The summed E-state index contributed by atoms with van der Waals surface area (Å²) in [6, 6.07) is 0. The van der Waals surface area contributed by atoms with Gasteiger partial charge in [-0.3, -0.25) is 4.79 Å². The molecule has 2 saturated carbocycles. The summed E-state index contributed by atoms with van der Waals surface area (Å²) in [6.45, 7) is 9.95. The van der Waals surface area contributed by atoms with Gasteiger partial charge in [0.2, 0.25) is 0 Å². The van der Waals surface area contributed by atoms with Crippen molar-refractivity contribution in [2.45, 2.75) is 116 Å². The van der Waals surface area contributed by atoms with Gasteiger partial charge in [0, 0.05) is 12.3 Å². The molecule has 0 unspecified atom stereocenters. The van der Waals surface area contributed by atoms with Gasteiger partial charge in [-0.2, -0.15) is 0 Å². The molecule has 0 radical (unpaired) electrons. The molecule has 0 aliphatic heterocycles. The van der Waals surface area contributed by atoms with Crippen LogP contribution in [0, 0.1) is 23.2 Å². The minimum Gasteiger partial charge on any atom is -0.390 e. The van der Waals surface area contributed by atoms with E-state index in [2.05, 4.69) is 6.92 Å². The third kappa shape index (κ3) is 5.79. The summed E-state index contributed by atoms with van der Waals surface area (Å²) in [7, 11) is 0. The van der Waals surface area contributed by atoms with E-state index in [0.29, 0.717) is 17.6 Å². The number of aliphatic hydroxyl groups is 2. The molecule has 3 nitrogen and oxygen atoms in total. The summed E-state index contributed by atoms with van der Waals surface area (Å²) in [5.74, 6) is 2.03. The van der Waals surface area contributed by atoms with Crippen molar-refractivity contribution < 1.29 is 15.0 Å². The first-order chi connectivity index (χ1) is 11.9. The van der Waals surface area contributed by atoms with Gasteiger partial charge in [-0.05, 0) is 83.5 Å². The Bertz CT molecular complexity index is 451. The fourth-order valence-corrected chi connectivity index (χ4v) is 5.88. The molecular weight excluding hydrogens is 324 g/mol. The standard InChI is InChI=1S/C23H42O3/c1-21(2,25)14-6-9-17(10-7-15-22(3,4)26)18-12-13-19-20(24)11-8-16-23(18,19)5/h17-19,25-26H,6-16H2,1-5H3/t18-,19+,23-/m1/s1. The first kappa shape index (κ1) is 21.9. The molecule has 0 spiro atoms. The van der Waals surface area contributed by atoms with Crippen LogP contribution >= 0.6 is 0 Å². The van der Waals surface area contributed by atoms with Gasteiger partial charge in [0.15, 0.2) is 0 Å². The lowest BCUT2D eigenvalue weighted by molar-refractivity contribution is -0.130. The predicted octanol–water partition coefficient (Wildman–Crippen LogP) is 5.27. The molecule has 26 heavy (non-hydrogen) atoms. The van der Waals surface area contributed by atoms with E-state index < -0.39 is 11.2 Å². The van der Waals surface area contributed by atoms with Crippen LogP contribution in [0.25, 0.3) is 0 Å². The number of carbonyl (C=O) groups is 1. The number of ketones is 1. The van der Waals surface area contributed by atoms with Crippen molar-refractivity contribution >= 4 is 5.78 Å². The SMILES string of the molecule is CC(C)(O)CCCC(CCCC(C)(C)O)[C@H]1CC[C@H]2C(=O)CCC[C@]12C.